The van der Waals surface area contributed by atoms with Crippen LogP contribution in [0.2, 0.25) is 5.02 Å². The SMILES string of the molecule is CC1CCC(C(C)(C)Cc2ccc(Cl)c(F)c2)C(Br)C1. The van der Waals surface area contributed by atoms with E-state index < -0.39 is 0 Å². The van der Waals surface area contributed by atoms with Gasteiger partial charge in [0.2, 0.25) is 0 Å². The molecule has 0 aromatic heterocycles. The van der Waals surface area contributed by atoms with Crippen LogP contribution in [0.25, 0.3) is 0 Å². The third kappa shape index (κ3) is 3.76. The van der Waals surface area contributed by atoms with Crippen LogP contribution in [0.4, 0.5) is 4.39 Å². The van der Waals surface area contributed by atoms with Crippen molar-refractivity contribution in [1.29, 1.82) is 0 Å². The molecule has 1 aromatic rings. The minimum Gasteiger partial charge on any atom is -0.205 e. The highest BCUT2D eigenvalue weighted by Crippen LogP contribution is 2.45. The highest BCUT2D eigenvalue weighted by Gasteiger charge is 2.37. The molecule has 0 heterocycles. The van der Waals surface area contributed by atoms with Crippen LogP contribution in [0.15, 0.2) is 18.2 Å². The Morgan fingerprint density at radius 2 is 2.05 bits per heavy atom. The molecule has 112 valence electrons. The van der Waals surface area contributed by atoms with E-state index in [1.165, 1.54) is 19.3 Å². The van der Waals surface area contributed by atoms with Gasteiger partial charge >= 0.3 is 0 Å². The molecule has 0 amide bonds. The Balaban J connectivity index is 2.11. The minimum absolute atomic E-state index is 0.161. The topological polar surface area (TPSA) is 0 Å². The highest BCUT2D eigenvalue weighted by molar-refractivity contribution is 9.09. The van der Waals surface area contributed by atoms with E-state index in [4.69, 9.17) is 11.6 Å². The van der Waals surface area contributed by atoms with Crippen molar-refractivity contribution in [3.05, 3.63) is 34.6 Å². The Morgan fingerprint density at radius 3 is 2.65 bits per heavy atom. The smallest absolute Gasteiger partial charge is 0.142 e. The zero-order chi connectivity index (χ0) is 14.9. The van der Waals surface area contributed by atoms with Gasteiger partial charge in [-0.15, -0.1) is 0 Å². The molecule has 1 aliphatic carbocycles. The number of halogens is 3. The van der Waals surface area contributed by atoms with Crippen LogP contribution in [0.5, 0.6) is 0 Å². The normalized spacial score (nSPS) is 27.6. The average Bonchev–Trinajstić information content (AvgIpc) is 2.33. The summed E-state index contributed by atoms with van der Waals surface area (Å²) in [5.41, 5.74) is 1.20. The lowest BCUT2D eigenvalue weighted by Gasteiger charge is -2.42. The summed E-state index contributed by atoms with van der Waals surface area (Å²) in [7, 11) is 0. The van der Waals surface area contributed by atoms with Gasteiger partial charge in [0, 0.05) is 4.83 Å². The third-order valence-electron chi connectivity index (χ3n) is 4.68. The molecule has 1 fully saturated rings. The van der Waals surface area contributed by atoms with E-state index in [0.717, 1.165) is 17.9 Å². The van der Waals surface area contributed by atoms with E-state index in [1.54, 1.807) is 12.1 Å². The molecule has 3 atom stereocenters. The second-order valence-corrected chi connectivity index (χ2v) is 8.54. The quantitative estimate of drug-likeness (QED) is 0.558. The molecule has 3 unspecified atom stereocenters. The van der Waals surface area contributed by atoms with Crippen molar-refractivity contribution in [2.24, 2.45) is 17.3 Å². The summed E-state index contributed by atoms with van der Waals surface area (Å²) in [5.74, 6) is 1.13. The number of benzene rings is 1. The van der Waals surface area contributed by atoms with Crippen molar-refractivity contribution in [3.8, 4) is 0 Å². The Kier molecular flexibility index (Phi) is 5.18. The zero-order valence-electron chi connectivity index (χ0n) is 12.4. The predicted octanol–water partition coefficient (Wildman–Crippen LogP) is 6.25. The maximum atomic E-state index is 13.6. The second-order valence-electron chi connectivity index (χ2n) is 6.95. The van der Waals surface area contributed by atoms with Gasteiger partial charge in [-0.05, 0) is 54.2 Å². The molecule has 0 spiro atoms. The van der Waals surface area contributed by atoms with Crippen LogP contribution in [0.1, 0.15) is 45.6 Å². The van der Waals surface area contributed by atoms with Crippen molar-refractivity contribution in [2.45, 2.75) is 51.3 Å². The molecular weight excluding hydrogens is 339 g/mol. The molecule has 2 rings (SSSR count). The predicted molar refractivity (Wildman–Crippen MR) is 88.1 cm³/mol. The molecule has 1 aromatic carbocycles. The largest absolute Gasteiger partial charge is 0.205 e. The standard InChI is InChI=1S/C17H23BrClF/c1-11-4-6-13(14(18)8-11)17(2,3)10-12-5-7-15(19)16(20)9-12/h5,7,9,11,13-14H,4,6,8,10H2,1-3H3. The monoisotopic (exact) mass is 360 g/mol. The minimum atomic E-state index is -0.312. The number of rotatable bonds is 3. The summed E-state index contributed by atoms with van der Waals surface area (Å²) in [4.78, 5) is 0.568. The van der Waals surface area contributed by atoms with E-state index in [1.807, 2.05) is 6.07 Å². The van der Waals surface area contributed by atoms with Gasteiger partial charge in [0.25, 0.3) is 0 Å². The summed E-state index contributed by atoms with van der Waals surface area (Å²) in [6, 6.07) is 5.19. The van der Waals surface area contributed by atoms with Crippen LogP contribution < -0.4 is 0 Å². The van der Waals surface area contributed by atoms with Gasteiger partial charge in [0.1, 0.15) is 5.82 Å². The van der Waals surface area contributed by atoms with E-state index in [0.29, 0.717) is 10.7 Å². The lowest BCUT2D eigenvalue weighted by Crippen LogP contribution is -2.37. The van der Waals surface area contributed by atoms with Crippen LogP contribution >= 0.6 is 27.5 Å². The van der Waals surface area contributed by atoms with E-state index in [9.17, 15) is 4.39 Å². The molecular formula is C17H23BrClF. The van der Waals surface area contributed by atoms with Gasteiger partial charge in [-0.2, -0.15) is 0 Å². The fourth-order valence-corrected chi connectivity index (χ4v) is 5.23. The van der Waals surface area contributed by atoms with Gasteiger partial charge in [0.15, 0.2) is 0 Å². The molecule has 0 bridgehead atoms. The average molecular weight is 362 g/mol. The van der Waals surface area contributed by atoms with Gasteiger partial charge < -0.3 is 0 Å². The Bertz CT molecular complexity index is 472. The fraction of sp³-hybridized carbons (Fsp3) is 0.647. The van der Waals surface area contributed by atoms with E-state index in [-0.39, 0.29) is 16.3 Å². The van der Waals surface area contributed by atoms with Gasteiger partial charge in [-0.3, -0.25) is 0 Å². The van der Waals surface area contributed by atoms with Crippen molar-refractivity contribution in [2.75, 3.05) is 0 Å². The van der Waals surface area contributed by atoms with Crippen molar-refractivity contribution >= 4 is 27.5 Å². The summed E-state index contributed by atoms with van der Waals surface area (Å²) < 4.78 is 13.6. The van der Waals surface area contributed by atoms with Crippen LogP contribution in [-0.2, 0) is 6.42 Å². The van der Waals surface area contributed by atoms with Crippen LogP contribution in [0, 0.1) is 23.1 Å². The van der Waals surface area contributed by atoms with Crippen LogP contribution in [0.3, 0.4) is 0 Å². The first-order valence-electron chi connectivity index (χ1n) is 7.37. The van der Waals surface area contributed by atoms with Crippen LogP contribution in [-0.4, -0.2) is 4.83 Å². The molecule has 1 aliphatic rings. The van der Waals surface area contributed by atoms with Crippen molar-refractivity contribution in [3.63, 3.8) is 0 Å². The Morgan fingerprint density at radius 1 is 1.35 bits per heavy atom. The first kappa shape index (κ1) is 16.3. The van der Waals surface area contributed by atoms with E-state index in [2.05, 4.69) is 36.7 Å². The highest BCUT2D eigenvalue weighted by atomic mass is 79.9. The molecule has 0 nitrogen and oxygen atoms in total. The van der Waals surface area contributed by atoms with Crippen molar-refractivity contribution in [1.82, 2.24) is 0 Å². The molecule has 0 radical (unpaired) electrons. The number of hydrogen-bond acceptors (Lipinski definition) is 0. The summed E-state index contributed by atoms with van der Waals surface area (Å²) in [5, 5.41) is 0.205. The molecule has 20 heavy (non-hydrogen) atoms. The second kappa shape index (κ2) is 6.36. The zero-order valence-corrected chi connectivity index (χ0v) is 14.8. The number of hydrogen-bond donors (Lipinski definition) is 0. The fourth-order valence-electron chi connectivity index (χ4n) is 3.50. The molecule has 1 saturated carbocycles. The van der Waals surface area contributed by atoms with E-state index >= 15 is 0 Å². The molecule has 0 aliphatic heterocycles. The summed E-state index contributed by atoms with van der Waals surface area (Å²) >= 11 is 9.63. The Labute approximate surface area is 135 Å². The third-order valence-corrected chi connectivity index (χ3v) is 6.00. The van der Waals surface area contributed by atoms with Gasteiger partial charge in [-0.1, -0.05) is 60.8 Å². The van der Waals surface area contributed by atoms with Gasteiger partial charge in [0.05, 0.1) is 5.02 Å². The number of alkyl halides is 1. The van der Waals surface area contributed by atoms with Crippen molar-refractivity contribution < 1.29 is 4.39 Å². The Hall–Kier alpha value is -0.0800. The maximum Gasteiger partial charge on any atom is 0.142 e. The first-order chi connectivity index (χ1) is 9.29. The lowest BCUT2D eigenvalue weighted by molar-refractivity contribution is 0.147. The summed E-state index contributed by atoms with van der Waals surface area (Å²) in [6.45, 7) is 6.93. The summed E-state index contributed by atoms with van der Waals surface area (Å²) in [6.07, 6.45) is 4.68. The maximum absolute atomic E-state index is 13.6. The lowest BCUT2D eigenvalue weighted by atomic mass is 9.66. The molecule has 3 heteroatoms. The molecule has 0 N–H and O–H groups in total. The molecule has 0 saturated heterocycles. The van der Waals surface area contributed by atoms with Gasteiger partial charge in [-0.25, -0.2) is 4.39 Å². The first-order valence-corrected chi connectivity index (χ1v) is 8.67.